The molecule has 0 bridgehead atoms. The SMILES string of the molecule is Cc1ccc(CN2CCc3ncnc(-c4cnn(C)c4)c3CC2)s1.O=C(O)C(F)(F)F. The summed E-state index contributed by atoms with van der Waals surface area (Å²) in [5.41, 5.74) is 4.60. The first-order chi connectivity index (χ1) is 14.6. The van der Waals surface area contributed by atoms with Crippen LogP contribution in [0.3, 0.4) is 0 Å². The van der Waals surface area contributed by atoms with E-state index in [2.05, 4.69) is 39.0 Å². The van der Waals surface area contributed by atoms with Gasteiger partial charge in [-0.15, -0.1) is 11.3 Å². The van der Waals surface area contributed by atoms with E-state index in [-0.39, 0.29) is 0 Å². The van der Waals surface area contributed by atoms with Crippen molar-refractivity contribution in [2.75, 3.05) is 13.1 Å². The molecule has 0 fully saturated rings. The van der Waals surface area contributed by atoms with Gasteiger partial charge in [-0.2, -0.15) is 18.3 Å². The number of nitrogens with zero attached hydrogens (tertiary/aromatic N) is 5. The van der Waals surface area contributed by atoms with Gasteiger partial charge in [-0.05, 0) is 25.5 Å². The highest BCUT2D eigenvalue weighted by Crippen LogP contribution is 2.26. The van der Waals surface area contributed by atoms with Gasteiger partial charge in [0.15, 0.2) is 0 Å². The van der Waals surface area contributed by atoms with E-state index in [4.69, 9.17) is 9.90 Å². The summed E-state index contributed by atoms with van der Waals surface area (Å²) >= 11 is 1.89. The lowest BCUT2D eigenvalue weighted by molar-refractivity contribution is -0.192. The highest BCUT2D eigenvalue weighted by atomic mass is 32.1. The lowest BCUT2D eigenvalue weighted by Crippen LogP contribution is -2.25. The molecule has 166 valence electrons. The molecule has 3 aromatic heterocycles. The zero-order chi connectivity index (χ0) is 22.6. The molecular formula is C20H22F3N5O2S. The smallest absolute Gasteiger partial charge is 0.475 e. The van der Waals surface area contributed by atoms with Crippen LogP contribution in [-0.2, 0) is 31.2 Å². The molecule has 0 saturated carbocycles. The second kappa shape index (κ2) is 9.56. The van der Waals surface area contributed by atoms with E-state index >= 15 is 0 Å². The molecule has 4 rings (SSSR count). The van der Waals surface area contributed by atoms with Crippen LogP contribution < -0.4 is 0 Å². The first-order valence-corrected chi connectivity index (χ1v) is 10.3. The zero-order valence-corrected chi connectivity index (χ0v) is 17.9. The lowest BCUT2D eigenvalue weighted by Gasteiger charge is -2.18. The third kappa shape index (κ3) is 6.11. The van der Waals surface area contributed by atoms with Gasteiger partial charge in [-0.1, -0.05) is 0 Å². The number of halogens is 3. The van der Waals surface area contributed by atoms with Crippen molar-refractivity contribution >= 4 is 17.3 Å². The summed E-state index contributed by atoms with van der Waals surface area (Å²) in [6, 6.07) is 4.46. The molecule has 0 amide bonds. The molecule has 0 spiro atoms. The van der Waals surface area contributed by atoms with Crippen molar-refractivity contribution in [2.45, 2.75) is 32.5 Å². The molecule has 0 unspecified atom stereocenters. The van der Waals surface area contributed by atoms with Gasteiger partial charge in [0.25, 0.3) is 0 Å². The molecule has 4 heterocycles. The molecule has 0 aromatic carbocycles. The van der Waals surface area contributed by atoms with Crippen molar-refractivity contribution in [1.82, 2.24) is 24.6 Å². The fourth-order valence-corrected chi connectivity index (χ4v) is 4.25. The van der Waals surface area contributed by atoms with E-state index in [1.165, 1.54) is 21.0 Å². The summed E-state index contributed by atoms with van der Waals surface area (Å²) in [6.07, 6.45) is 2.50. The minimum absolute atomic E-state index is 0.982. The number of carbonyl (C=O) groups is 1. The average molecular weight is 453 g/mol. The van der Waals surface area contributed by atoms with Crippen molar-refractivity contribution in [2.24, 2.45) is 7.05 Å². The number of hydrogen-bond donors (Lipinski definition) is 1. The quantitative estimate of drug-likeness (QED) is 0.654. The van der Waals surface area contributed by atoms with Crippen LogP contribution in [0.4, 0.5) is 13.2 Å². The predicted molar refractivity (Wildman–Crippen MR) is 110 cm³/mol. The summed E-state index contributed by atoms with van der Waals surface area (Å²) in [7, 11) is 1.94. The summed E-state index contributed by atoms with van der Waals surface area (Å²) in [4.78, 5) is 23.4. The molecule has 0 atom stereocenters. The van der Waals surface area contributed by atoms with Crippen molar-refractivity contribution in [3.05, 3.63) is 51.9 Å². The minimum atomic E-state index is -5.08. The maximum atomic E-state index is 10.6. The number of fused-ring (bicyclic) bond motifs is 1. The normalized spacial score (nSPS) is 14.4. The number of aliphatic carboxylic acids is 1. The van der Waals surface area contributed by atoms with E-state index < -0.39 is 12.1 Å². The van der Waals surface area contributed by atoms with Gasteiger partial charge in [0.2, 0.25) is 0 Å². The van der Waals surface area contributed by atoms with E-state index in [1.807, 2.05) is 35.5 Å². The third-order valence-corrected chi connectivity index (χ3v) is 5.76. The molecule has 1 N–H and O–H groups in total. The highest BCUT2D eigenvalue weighted by molar-refractivity contribution is 7.11. The Kier molecular flexibility index (Phi) is 7.06. The standard InChI is InChI=1S/C18H21N5S.C2HF3O2/c1-13-3-4-15(24-13)11-23-7-5-16-17(6-8-23)19-12-20-18(16)14-9-21-22(2)10-14;3-2(4,5)1(6)7/h3-4,9-10,12H,5-8,11H2,1-2H3;(H,6,7). The Bertz CT molecular complexity index is 1050. The molecule has 31 heavy (non-hydrogen) atoms. The van der Waals surface area contributed by atoms with Gasteiger partial charge in [-0.3, -0.25) is 9.58 Å². The molecular weight excluding hydrogens is 431 g/mol. The third-order valence-electron chi connectivity index (χ3n) is 4.77. The second-order valence-corrected chi connectivity index (χ2v) is 8.51. The van der Waals surface area contributed by atoms with E-state index in [0.29, 0.717) is 0 Å². The van der Waals surface area contributed by atoms with E-state index in [1.54, 1.807) is 6.33 Å². The Morgan fingerprint density at radius 1 is 1.23 bits per heavy atom. The Morgan fingerprint density at radius 3 is 2.52 bits per heavy atom. The van der Waals surface area contributed by atoms with Crippen LogP contribution in [0.15, 0.2) is 30.9 Å². The molecule has 0 aliphatic carbocycles. The number of hydrogen-bond acceptors (Lipinski definition) is 6. The average Bonchev–Trinajstić information content (AvgIpc) is 3.25. The number of alkyl halides is 3. The van der Waals surface area contributed by atoms with Crippen LogP contribution in [0.2, 0.25) is 0 Å². The first kappa shape index (κ1) is 22.9. The summed E-state index contributed by atoms with van der Waals surface area (Å²) in [5.74, 6) is -2.76. The molecule has 0 radical (unpaired) electrons. The van der Waals surface area contributed by atoms with Gasteiger partial charge in [0, 0.05) is 65.9 Å². The maximum absolute atomic E-state index is 10.6. The highest BCUT2D eigenvalue weighted by Gasteiger charge is 2.38. The summed E-state index contributed by atoms with van der Waals surface area (Å²) in [6.45, 7) is 5.29. The van der Waals surface area contributed by atoms with Gasteiger partial charge in [0.05, 0.1) is 11.9 Å². The van der Waals surface area contributed by atoms with Crippen molar-refractivity contribution in [3.63, 3.8) is 0 Å². The Hall–Kier alpha value is -2.79. The van der Waals surface area contributed by atoms with Crippen molar-refractivity contribution in [3.8, 4) is 11.3 Å². The largest absolute Gasteiger partial charge is 0.490 e. The van der Waals surface area contributed by atoms with Gasteiger partial charge in [-0.25, -0.2) is 14.8 Å². The van der Waals surface area contributed by atoms with Crippen LogP contribution in [0.1, 0.15) is 21.0 Å². The molecule has 3 aromatic rings. The first-order valence-electron chi connectivity index (χ1n) is 9.53. The number of aryl methyl sites for hydroxylation is 2. The zero-order valence-electron chi connectivity index (χ0n) is 17.1. The van der Waals surface area contributed by atoms with E-state index in [0.717, 1.165) is 43.7 Å². The Balaban J connectivity index is 0.000000339. The monoisotopic (exact) mass is 453 g/mol. The van der Waals surface area contributed by atoms with Crippen LogP contribution in [0.5, 0.6) is 0 Å². The number of thiophene rings is 1. The number of carboxylic acid groups (broad SMARTS) is 1. The van der Waals surface area contributed by atoms with Gasteiger partial charge >= 0.3 is 12.1 Å². The van der Waals surface area contributed by atoms with Crippen LogP contribution in [0, 0.1) is 6.92 Å². The Labute approximate surface area is 181 Å². The fourth-order valence-electron chi connectivity index (χ4n) is 3.31. The number of rotatable bonds is 3. The van der Waals surface area contributed by atoms with Gasteiger partial charge < -0.3 is 5.11 Å². The molecule has 1 aliphatic rings. The molecule has 7 nitrogen and oxygen atoms in total. The van der Waals surface area contributed by atoms with Crippen molar-refractivity contribution in [1.29, 1.82) is 0 Å². The second-order valence-electron chi connectivity index (χ2n) is 7.14. The molecule has 0 saturated heterocycles. The fraction of sp³-hybridized carbons (Fsp3) is 0.400. The minimum Gasteiger partial charge on any atom is -0.475 e. The number of aromatic nitrogens is 4. The predicted octanol–water partition coefficient (Wildman–Crippen LogP) is 3.48. The molecule has 1 aliphatic heterocycles. The van der Waals surface area contributed by atoms with Gasteiger partial charge in [0.1, 0.15) is 6.33 Å². The van der Waals surface area contributed by atoms with Crippen LogP contribution in [-0.4, -0.2) is 55.0 Å². The maximum Gasteiger partial charge on any atom is 0.490 e. The topological polar surface area (TPSA) is 84.1 Å². The summed E-state index contributed by atoms with van der Waals surface area (Å²) < 4.78 is 33.6. The number of carboxylic acids is 1. The molecule has 11 heteroatoms. The summed E-state index contributed by atoms with van der Waals surface area (Å²) in [5, 5.41) is 11.4. The van der Waals surface area contributed by atoms with Crippen LogP contribution >= 0.6 is 11.3 Å². The van der Waals surface area contributed by atoms with Crippen molar-refractivity contribution < 1.29 is 23.1 Å². The Morgan fingerprint density at radius 2 is 1.94 bits per heavy atom. The van der Waals surface area contributed by atoms with E-state index in [9.17, 15) is 13.2 Å². The van der Waals surface area contributed by atoms with Crippen LogP contribution in [0.25, 0.3) is 11.3 Å². The lowest BCUT2D eigenvalue weighted by atomic mass is 10.0.